The fourth-order valence-electron chi connectivity index (χ4n) is 1.74. The highest BCUT2D eigenvalue weighted by atomic mass is 32.2. The first-order valence-corrected chi connectivity index (χ1v) is 8.38. The number of nitrogens with one attached hydrogen (secondary N) is 1. The molecule has 1 amide bonds. The fourth-order valence-corrected chi connectivity index (χ4v) is 2.76. The highest BCUT2D eigenvalue weighted by molar-refractivity contribution is 7.89. The van der Waals surface area contributed by atoms with Crippen molar-refractivity contribution in [3.63, 3.8) is 0 Å². The van der Waals surface area contributed by atoms with E-state index in [2.05, 4.69) is 10.2 Å². The highest BCUT2D eigenvalue weighted by Gasteiger charge is 2.24. The summed E-state index contributed by atoms with van der Waals surface area (Å²) < 4.78 is 29.8. The zero-order valence-corrected chi connectivity index (χ0v) is 13.6. The molecular formula is C14H18N2O6S. The number of hydrogen-bond donors (Lipinski definition) is 1. The molecule has 0 unspecified atom stereocenters. The predicted molar refractivity (Wildman–Crippen MR) is 79.8 cm³/mol. The van der Waals surface area contributed by atoms with Gasteiger partial charge in [0.05, 0.1) is 17.6 Å². The van der Waals surface area contributed by atoms with E-state index in [0.29, 0.717) is 4.47 Å². The monoisotopic (exact) mass is 342 g/mol. The number of carbonyl (C=O) groups is 2. The SMILES string of the molecule is CON(C)S(=O)(=O)c1cccc(C(=O)OCC(=O)NC2CC2)c1. The van der Waals surface area contributed by atoms with Gasteiger partial charge in [0.25, 0.3) is 15.9 Å². The Morgan fingerprint density at radius 2 is 2.04 bits per heavy atom. The smallest absolute Gasteiger partial charge is 0.338 e. The molecule has 1 N–H and O–H groups in total. The van der Waals surface area contributed by atoms with E-state index in [9.17, 15) is 18.0 Å². The van der Waals surface area contributed by atoms with Crippen molar-refractivity contribution in [2.75, 3.05) is 20.8 Å². The van der Waals surface area contributed by atoms with E-state index < -0.39 is 22.6 Å². The van der Waals surface area contributed by atoms with Crippen LogP contribution < -0.4 is 5.32 Å². The maximum Gasteiger partial charge on any atom is 0.338 e. The number of benzene rings is 1. The van der Waals surface area contributed by atoms with Crippen molar-refractivity contribution in [1.82, 2.24) is 9.79 Å². The molecule has 1 fully saturated rings. The number of hydrogen-bond acceptors (Lipinski definition) is 6. The second-order valence-electron chi connectivity index (χ2n) is 5.04. The lowest BCUT2D eigenvalue weighted by Gasteiger charge is -2.14. The summed E-state index contributed by atoms with van der Waals surface area (Å²) in [7, 11) is -1.40. The number of ether oxygens (including phenoxy) is 1. The van der Waals surface area contributed by atoms with Gasteiger partial charge in [-0.25, -0.2) is 13.2 Å². The Morgan fingerprint density at radius 3 is 2.65 bits per heavy atom. The first-order chi connectivity index (χ1) is 10.8. The Labute approximate surface area is 134 Å². The Balaban J connectivity index is 2.03. The standard InChI is InChI=1S/C14H18N2O6S/c1-16(21-2)23(19,20)12-5-3-4-10(8-12)14(18)22-9-13(17)15-11-6-7-11/h3-5,8,11H,6-7,9H2,1-2H3,(H,15,17). The van der Waals surface area contributed by atoms with E-state index in [1.807, 2.05) is 0 Å². The van der Waals surface area contributed by atoms with Gasteiger partial charge in [-0.2, -0.15) is 0 Å². The lowest BCUT2D eigenvalue weighted by atomic mass is 10.2. The van der Waals surface area contributed by atoms with Crippen LogP contribution in [0, 0.1) is 0 Å². The van der Waals surface area contributed by atoms with Crippen molar-refractivity contribution < 1.29 is 27.6 Å². The van der Waals surface area contributed by atoms with Gasteiger partial charge >= 0.3 is 5.97 Å². The lowest BCUT2D eigenvalue weighted by Crippen LogP contribution is -2.30. The Hall–Kier alpha value is -1.97. The Morgan fingerprint density at radius 1 is 1.35 bits per heavy atom. The van der Waals surface area contributed by atoms with Crippen molar-refractivity contribution >= 4 is 21.9 Å². The average molecular weight is 342 g/mol. The van der Waals surface area contributed by atoms with Crippen LogP contribution >= 0.6 is 0 Å². The molecule has 0 heterocycles. The number of carbonyl (C=O) groups excluding carboxylic acids is 2. The molecule has 8 nitrogen and oxygen atoms in total. The van der Waals surface area contributed by atoms with Crippen molar-refractivity contribution in [3.8, 4) is 0 Å². The van der Waals surface area contributed by atoms with E-state index in [1.54, 1.807) is 0 Å². The third-order valence-electron chi connectivity index (χ3n) is 3.24. The molecule has 9 heteroatoms. The molecule has 1 aliphatic rings. The molecule has 1 aromatic carbocycles. The van der Waals surface area contributed by atoms with Crippen LogP contribution in [0.3, 0.4) is 0 Å². The summed E-state index contributed by atoms with van der Waals surface area (Å²) in [5.74, 6) is -1.14. The van der Waals surface area contributed by atoms with Crippen LogP contribution in [0.25, 0.3) is 0 Å². The van der Waals surface area contributed by atoms with Crippen molar-refractivity contribution in [3.05, 3.63) is 29.8 Å². The maximum atomic E-state index is 12.1. The number of esters is 1. The van der Waals surface area contributed by atoms with E-state index in [4.69, 9.17) is 4.74 Å². The summed E-state index contributed by atoms with van der Waals surface area (Å²) in [6, 6.07) is 5.51. The molecule has 0 aromatic heterocycles. The molecule has 0 aliphatic heterocycles. The normalized spacial score (nSPS) is 14.6. The van der Waals surface area contributed by atoms with Crippen LogP contribution in [0.2, 0.25) is 0 Å². The van der Waals surface area contributed by atoms with Crippen LogP contribution in [0.4, 0.5) is 0 Å². The van der Waals surface area contributed by atoms with E-state index in [-0.39, 0.29) is 22.4 Å². The van der Waals surface area contributed by atoms with Gasteiger partial charge in [0.2, 0.25) is 0 Å². The van der Waals surface area contributed by atoms with Gasteiger partial charge in [0.15, 0.2) is 6.61 Å². The van der Waals surface area contributed by atoms with Gasteiger partial charge in [-0.05, 0) is 31.0 Å². The summed E-state index contributed by atoms with van der Waals surface area (Å²) in [6.07, 6.45) is 1.87. The molecule has 0 saturated heterocycles. The van der Waals surface area contributed by atoms with Crippen LogP contribution in [0.15, 0.2) is 29.2 Å². The van der Waals surface area contributed by atoms with Gasteiger partial charge in [0.1, 0.15) is 0 Å². The Bertz CT molecular complexity index is 699. The predicted octanol–water partition coefficient (Wildman–Crippen LogP) is 0.304. The first kappa shape index (κ1) is 17.4. The van der Waals surface area contributed by atoms with Gasteiger partial charge in [-0.1, -0.05) is 10.5 Å². The van der Waals surface area contributed by atoms with Crippen LogP contribution in [-0.4, -0.2) is 51.6 Å². The topological polar surface area (TPSA) is 102 Å². The van der Waals surface area contributed by atoms with Crippen LogP contribution in [0.5, 0.6) is 0 Å². The molecule has 0 radical (unpaired) electrons. The Kier molecular flexibility index (Phi) is 5.34. The zero-order chi connectivity index (χ0) is 17.0. The fraction of sp³-hybridized carbons (Fsp3) is 0.429. The second-order valence-corrected chi connectivity index (χ2v) is 6.98. The summed E-state index contributed by atoms with van der Waals surface area (Å²) in [4.78, 5) is 28.0. The number of amides is 1. The minimum atomic E-state index is -3.86. The quantitative estimate of drug-likeness (QED) is 0.565. The summed E-state index contributed by atoms with van der Waals surface area (Å²) >= 11 is 0. The lowest BCUT2D eigenvalue weighted by molar-refractivity contribution is -0.124. The largest absolute Gasteiger partial charge is 0.452 e. The summed E-state index contributed by atoms with van der Waals surface area (Å²) in [6.45, 7) is -0.399. The average Bonchev–Trinajstić information content (AvgIpc) is 3.35. The van der Waals surface area contributed by atoms with Gasteiger partial charge in [-0.15, -0.1) is 0 Å². The van der Waals surface area contributed by atoms with Gasteiger partial charge in [0, 0.05) is 13.1 Å². The third-order valence-corrected chi connectivity index (χ3v) is 4.92. The maximum absolute atomic E-state index is 12.1. The zero-order valence-electron chi connectivity index (χ0n) is 12.8. The van der Waals surface area contributed by atoms with Gasteiger partial charge in [-0.3, -0.25) is 9.63 Å². The first-order valence-electron chi connectivity index (χ1n) is 6.94. The molecule has 2 rings (SSSR count). The molecule has 0 atom stereocenters. The molecule has 1 saturated carbocycles. The number of nitrogens with zero attached hydrogens (tertiary/aromatic N) is 1. The molecule has 0 bridgehead atoms. The molecule has 1 aliphatic carbocycles. The van der Waals surface area contributed by atoms with Crippen molar-refractivity contribution in [1.29, 1.82) is 0 Å². The molecule has 126 valence electrons. The summed E-state index contributed by atoms with van der Waals surface area (Å²) in [5, 5.41) is 2.68. The highest BCUT2D eigenvalue weighted by Crippen LogP contribution is 2.18. The van der Waals surface area contributed by atoms with E-state index in [1.165, 1.54) is 38.4 Å². The van der Waals surface area contributed by atoms with Crippen molar-refractivity contribution in [2.45, 2.75) is 23.8 Å². The minimum Gasteiger partial charge on any atom is -0.452 e. The number of rotatable bonds is 7. The third kappa shape index (κ3) is 4.50. The van der Waals surface area contributed by atoms with E-state index >= 15 is 0 Å². The molecular weight excluding hydrogens is 324 g/mol. The summed E-state index contributed by atoms with van der Waals surface area (Å²) in [5.41, 5.74) is 0.0369. The van der Waals surface area contributed by atoms with Crippen LogP contribution in [0.1, 0.15) is 23.2 Å². The minimum absolute atomic E-state index is 0.0369. The van der Waals surface area contributed by atoms with Gasteiger partial charge < -0.3 is 10.1 Å². The molecule has 23 heavy (non-hydrogen) atoms. The van der Waals surface area contributed by atoms with Crippen molar-refractivity contribution in [2.24, 2.45) is 0 Å². The molecule has 1 aromatic rings. The second kappa shape index (κ2) is 7.07. The van der Waals surface area contributed by atoms with E-state index in [0.717, 1.165) is 12.8 Å². The number of hydroxylamine groups is 1. The van der Waals surface area contributed by atoms with Crippen LogP contribution in [-0.2, 0) is 24.4 Å². The number of sulfonamides is 1. The molecule has 0 spiro atoms.